The van der Waals surface area contributed by atoms with Crippen molar-refractivity contribution >= 4 is 16.6 Å². The first-order valence-corrected chi connectivity index (χ1v) is 8.03. The van der Waals surface area contributed by atoms with Crippen molar-refractivity contribution in [2.45, 2.75) is 40.3 Å². The van der Waals surface area contributed by atoms with E-state index in [2.05, 4.69) is 43.6 Å². The molecule has 1 heterocycles. The minimum Gasteiger partial charge on any atom is -0.383 e. The van der Waals surface area contributed by atoms with E-state index in [0.717, 1.165) is 28.0 Å². The number of nitrogens with zero attached hydrogens (tertiary/aromatic N) is 2. The molecule has 0 radical (unpaired) electrons. The standard InChI is InChI=1S/C19H27N3O/c1-6-16(9-13(2)3)19-21-17-8-7-15(11-20)10-18(17)22(19)14(4)12-23-5/h6-10,14H,11-12,20H2,1-5H3/b16-6+. The molecule has 1 atom stereocenters. The zero-order chi connectivity index (χ0) is 17.0. The number of nitrogens with two attached hydrogens (primary N) is 1. The summed E-state index contributed by atoms with van der Waals surface area (Å²) in [6.45, 7) is 9.56. The van der Waals surface area contributed by atoms with Crippen molar-refractivity contribution in [3.8, 4) is 0 Å². The van der Waals surface area contributed by atoms with Gasteiger partial charge in [0.2, 0.25) is 0 Å². The van der Waals surface area contributed by atoms with E-state index in [9.17, 15) is 0 Å². The molecule has 4 nitrogen and oxygen atoms in total. The van der Waals surface area contributed by atoms with Gasteiger partial charge < -0.3 is 15.0 Å². The molecule has 0 aliphatic heterocycles. The van der Waals surface area contributed by atoms with Gasteiger partial charge in [0.15, 0.2) is 0 Å². The number of imidazole rings is 1. The van der Waals surface area contributed by atoms with Crippen LogP contribution in [-0.2, 0) is 11.3 Å². The Hall–Kier alpha value is -1.91. The number of ether oxygens (including phenoxy) is 1. The summed E-state index contributed by atoms with van der Waals surface area (Å²) in [6, 6.07) is 6.41. The van der Waals surface area contributed by atoms with Crippen LogP contribution in [0.15, 0.2) is 35.9 Å². The van der Waals surface area contributed by atoms with Crippen LogP contribution >= 0.6 is 0 Å². The normalized spacial score (nSPS) is 13.4. The third kappa shape index (κ3) is 3.71. The number of methoxy groups -OCH3 is 1. The maximum atomic E-state index is 5.81. The molecule has 0 fully saturated rings. The summed E-state index contributed by atoms with van der Waals surface area (Å²) in [5, 5.41) is 0. The molecule has 2 N–H and O–H groups in total. The van der Waals surface area contributed by atoms with E-state index in [-0.39, 0.29) is 6.04 Å². The minimum atomic E-state index is 0.188. The first kappa shape index (κ1) is 17.4. The van der Waals surface area contributed by atoms with Crippen molar-refractivity contribution in [3.63, 3.8) is 0 Å². The lowest BCUT2D eigenvalue weighted by Gasteiger charge is -2.17. The van der Waals surface area contributed by atoms with Gasteiger partial charge in [-0.15, -0.1) is 0 Å². The predicted octanol–water partition coefficient (Wildman–Crippen LogP) is 4.07. The third-order valence-electron chi connectivity index (χ3n) is 3.85. The van der Waals surface area contributed by atoms with Gasteiger partial charge in [0.05, 0.1) is 23.7 Å². The van der Waals surface area contributed by atoms with Crippen LogP contribution in [0.5, 0.6) is 0 Å². The quantitative estimate of drug-likeness (QED) is 0.818. The Balaban J connectivity index is 2.72. The Kier molecular flexibility index (Phi) is 5.74. The number of aromatic nitrogens is 2. The van der Waals surface area contributed by atoms with E-state index in [4.69, 9.17) is 15.5 Å². The topological polar surface area (TPSA) is 53.1 Å². The van der Waals surface area contributed by atoms with E-state index < -0.39 is 0 Å². The van der Waals surface area contributed by atoms with Gasteiger partial charge in [0.25, 0.3) is 0 Å². The van der Waals surface area contributed by atoms with Crippen LogP contribution in [0, 0.1) is 0 Å². The summed E-state index contributed by atoms with van der Waals surface area (Å²) in [7, 11) is 1.73. The average Bonchev–Trinajstić information content (AvgIpc) is 2.90. The number of rotatable bonds is 6. The number of fused-ring (bicyclic) bond motifs is 1. The maximum absolute atomic E-state index is 5.81. The van der Waals surface area contributed by atoms with Gasteiger partial charge >= 0.3 is 0 Å². The minimum absolute atomic E-state index is 0.188. The highest BCUT2D eigenvalue weighted by molar-refractivity contribution is 5.83. The summed E-state index contributed by atoms with van der Waals surface area (Å²) >= 11 is 0. The fourth-order valence-electron chi connectivity index (χ4n) is 2.82. The molecule has 0 saturated heterocycles. The third-order valence-corrected chi connectivity index (χ3v) is 3.85. The number of hydrogen-bond acceptors (Lipinski definition) is 3. The van der Waals surface area contributed by atoms with Crippen LogP contribution in [0.4, 0.5) is 0 Å². The zero-order valence-corrected chi connectivity index (χ0v) is 14.8. The van der Waals surface area contributed by atoms with Crippen molar-refractivity contribution in [3.05, 3.63) is 47.3 Å². The van der Waals surface area contributed by atoms with Gasteiger partial charge in [0, 0.05) is 19.2 Å². The Bertz CT molecular complexity index is 736. The van der Waals surface area contributed by atoms with Crippen LogP contribution in [-0.4, -0.2) is 23.3 Å². The smallest absolute Gasteiger partial charge is 0.141 e. The Morgan fingerprint density at radius 3 is 2.70 bits per heavy atom. The Labute approximate surface area is 138 Å². The Morgan fingerprint density at radius 1 is 1.39 bits per heavy atom. The summed E-state index contributed by atoms with van der Waals surface area (Å²) in [4.78, 5) is 4.87. The van der Waals surface area contributed by atoms with Crippen LogP contribution in [0.2, 0.25) is 0 Å². The molecular weight excluding hydrogens is 286 g/mol. The predicted molar refractivity (Wildman–Crippen MR) is 97.3 cm³/mol. The molecule has 2 rings (SSSR count). The zero-order valence-electron chi connectivity index (χ0n) is 14.8. The second-order valence-corrected chi connectivity index (χ2v) is 6.10. The van der Waals surface area contributed by atoms with Crippen LogP contribution in [0.1, 0.15) is 45.1 Å². The summed E-state index contributed by atoms with van der Waals surface area (Å²) in [5.41, 5.74) is 11.4. The van der Waals surface area contributed by atoms with Gasteiger partial charge in [-0.05, 0) is 45.4 Å². The van der Waals surface area contributed by atoms with Crippen LogP contribution < -0.4 is 5.73 Å². The van der Waals surface area contributed by atoms with E-state index in [0.29, 0.717) is 13.2 Å². The lowest BCUT2D eigenvalue weighted by molar-refractivity contribution is 0.163. The van der Waals surface area contributed by atoms with Crippen molar-refractivity contribution in [2.24, 2.45) is 5.73 Å². The maximum Gasteiger partial charge on any atom is 0.141 e. The number of allylic oxidation sites excluding steroid dienone is 4. The van der Waals surface area contributed by atoms with Gasteiger partial charge in [0.1, 0.15) is 5.82 Å². The SMILES string of the molecule is C/C=C(\C=C(C)C)c1nc2ccc(CN)cc2n1C(C)COC. The van der Waals surface area contributed by atoms with E-state index in [1.165, 1.54) is 5.57 Å². The molecule has 0 aliphatic carbocycles. The molecule has 124 valence electrons. The lowest BCUT2D eigenvalue weighted by atomic mass is 10.1. The molecule has 4 heteroatoms. The molecule has 0 bridgehead atoms. The van der Waals surface area contributed by atoms with Gasteiger partial charge in [-0.25, -0.2) is 4.98 Å². The Morgan fingerprint density at radius 2 is 2.13 bits per heavy atom. The highest BCUT2D eigenvalue weighted by Crippen LogP contribution is 2.28. The van der Waals surface area contributed by atoms with Gasteiger partial charge in [-0.3, -0.25) is 0 Å². The molecule has 1 aromatic heterocycles. The largest absolute Gasteiger partial charge is 0.383 e. The molecular formula is C19H27N3O. The van der Waals surface area contributed by atoms with Crippen molar-refractivity contribution in [1.29, 1.82) is 0 Å². The van der Waals surface area contributed by atoms with Gasteiger partial charge in [-0.2, -0.15) is 0 Å². The second-order valence-electron chi connectivity index (χ2n) is 6.10. The van der Waals surface area contributed by atoms with Crippen molar-refractivity contribution in [2.75, 3.05) is 13.7 Å². The van der Waals surface area contributed by atoms with Crippen LogP contribution in [0.25, 0.3) is 16.6 Å². The second kappa shape index (κ2) is 7.57. The molecule has 2 aromatic rings. The monoisotopic (exact) mass is 313 g/mol. The summed E-state index contributed by atoms with van der Waals surface area (Å²) in [6.07, 6.45) is 4.27. The highest BCUT2D eigenvalue weighted by atomic mass is 16.5. The number of hydrogen-bond donors (Lipinski definition) is 1. The first-order valence-electron chi connectivity index (χ1n) is 8.03. The van der Waals surface area contributed by atoms with E-state index in [1.54, 1.807) is 7.11 Å². The molecule has 1 aromatic carbocycles. The summed E-state index contributed by atoms with van der Waals surface area (Å²) in [5.74, 6) is 0.974. The van der Waals surface area contributed by atoms with Crippen molar-refractivity contribution < 1.29 is 4.74 Å². The fourth-order valence-corrected chi connectivity index (χ4v) is 2.82. The highest BCUT2D eigenvalue weighted by Gasteiger charge is 2.18. The molecule has 0 aliphatic rings. The van der Waals surface area contributed by atoms with E-state index in [1.807, 2.05) is 19.1 Å². The average molecular weight is 313 g/mol. The molecule has 0 saturated carbocycles. The molecule has 0 spiro atoms. The molecule has 1 unspecified atom stereocenters. The first-order chi connectivity index (χ1) is 11.0. The number of benzene rings is 1. The van der Waals surface area contributed by atoms with Crippen LogP contribution in [0.3, 0.4) is 0 Å². The van der Waals surface area contributed by atoms with Gasteiger partial charge in [-0.1, -0.05) is 23.8 Å². The molecule has 23 heavy (non-hydrogen) atoms. The summed E-state index contributed by atoms with van der Waals surface area (Å²) < 4.78 is 7.63. The lowest BCUT2D eigenvalue weighted by Crippen LogP contribution is -2.14. The molecule has 0 amide bonds. The van der Waals surface area contributed by atoms with E-state index >= 15 is 0 Å². The fraction of sp³-hybridized carbons (Fsp3) is 0.421. The van der Waals surface area contributed by atoms with Crippen molar-refractivity contribution in [1.82, 2.24) is 9.55 Å².